The van der Waals surface area contributed by atoms with Crippen molar-refractivity contribution in [1.29, 1.82) is 0 Å². The molecule has 2 aliphatic heterocycles. The smallest absolute Gasteiger partial charge is 0.281 e. The molecule has 1 N–H and O–H groups in total. The highest BCUT2D eigenvalue weighted by Crippen LogP contribution is 2.20. The van der Waals surface area contributed by atoms with E-state index in [0.717, 1.165) is 32.1 Å². The molecular weight excluding hydrogens is 274 g/mol. The number of nitrogens with zero attached hydrogens (tertiary/aromatic N) is 2. The summed E-state index contributed by atoms with van der Waals surface area (Å²) in [5.74, 6) is 0. The van der Waals surface area contributed by atoms with Gasteiger partial charge in [0.1, 0.15) is 0 Å². The second-order valence-corrected chi connectivity index (χ2v) is 6.86. The van der Waals surface area contributed by atoms with Crippen LogP contribution in [0, 0.1) is 0 Å². The van der Waals surface area contributed by atoms with E-state index in [2.05, 4.69) is 5.32 Å². The van der Waals surface area contributed by atoms with Crippen molar-refractivity contribution in [3.63, 3.8) is 0 Å². The van der Waals surface area contributed by atoms with Crippen LogP contribution in [0.1, 0.15) is 32.1 Å². The van der Waals surface area contributed by atoms with Gasteiger partial charge in [0.25, 0.3) is 10.2 Å². The van der Waals surface area contributed by atoms with E-state index < -0.39 is 10.2 Å². The lowest BCUT2D eigenvalue weighted by Gasteiger charge is -2.36. The third-order valence-corrected chi connectivity index (χ3v) is 5.87. The molecule has 2 aliphatic rings. The predicted molar refractivity (Wildman–Crippen MR) is 75.2 cm³/mol. The first kappa shape index (κ1) is 16.2. The minimum Gasteiger partial charge on any atom is -0.317 e. The van der Waals surface area contributed by atoms with E-state index in [-0.39, 0.29) is 12.4 Å². The highest BCUT2D eigenvalue weighted by molar-refractivity contribution is 7.86. The van der Waals surface area contributed by atoms with Gasteiger partial charge in [0.2, 0.25) is 0 Å². The first-order chi connectivity index (χ1) is 8.14. The molecule has 0 saturated carbocycles. The van der Waals surface area contributed by atoms with Gasteiger partial charge in [-0.1, -0.05) is 6.42 Å². The van der Waals surface area contributed by atoms with Gasteiger partial charge < -0.3 is 5.32 Å². The fraction of sp³-hybridized carbons (Fsp3) is 1.00. The summed E-state index contributed by atoms with van der Waals surface area (Å²) in [4.78, 5) is 0. The molecule has 0 bridgehead atoms. The van der Waals surface area contributed by atoms with Gasteiger partial charge >= 0.3 is 0 Å². The summed E-state index contributed by atoms with van der Waals surface area (Å²) in [6, 6.07) is 0.475. The molecule has 0 aliphatic carbocycles. The number of piperidine rings is 2. The molecule has 7 heteroatoms. The van der Waals surface area contributed by atoms with Crippen LogP contribution in [0.5, 0.6) is 0 Å². The first-order valence-electron chi connectivity index (χ1n) is 6.57. The highest BCUT2D eigenvalue weighted by Gasteiger charge is 2.32. The Kier molecular flexibility index (Phi) is 6.34. The third kappa shape index (κ3) is 3.57. The molecule has 0 aromatic rings. The van der Waals surface area contributed by atoms with Gasteiger partial charge in [0.15, 0.2) is 0 Å². The van der Waals surface area contributed by atoms with Crippen molar-refractivity contribution in [3.8, 4) is 0 Å². The molecule has 5 nitrogen and oxygen atoms in total. The van der Waals surface area contributed by atoms with Gasteiger partial charge in [0, 0.05) is 32.2 Å². The van der Waals surface area contributed by atoms with Crippen molar-refractivity contribution >= 4 is 22.6 Å². The molecule has 0 spiro atoms. The van der Waals surface area contributed by atoms with Crippen molar-refractivity contribution in [2.75, 3.05) is 33.2 Å². The van der Waals surface area contributed by atoms with Crippen LogP contribution in [0.25, 0.3) is 0 Å². The maximum Gasteiger partial charge on any atom is 0.281 e. The number of rotatable bonds is 3. The molecule has 0 radical (unpaired) electrons. The Morgan fingerprint density at radius 2 is 1.44 bits per heavy atom. The van der Waals surface area contributed by atoms with Crippen molar-refractivity contribution in [2.24, 2.45) is 0 Å². The Labute approximate surface area is 116 Å². The van der Waals surface area contributed by atoms with E-state index in [1.807, 2.05) is 7.05 Å². The fourth-order valence-electron chi connectivity index (χ4n) is 2.63. The number of hydrogen-bond acceptors (Lipinski definition) is 3. The van der Waals surface area contributed by atoms with Gasteiger partial charge in [-0.2, -0.15) is 17.0 Å². The van der Waals surface area contributed by atoms with Crippen LogP contribution in [0.2, 0.25) is 0 Å². The number of nitrogens with one attached hydrogen (secondary N) is 1. The SMILES string of the molecule is CNC1CCN(S(=O)(=O)N2CCCCC2)CC1.Cl. The van der Waals surface area contributed by atoms with Crippen LogP contribution in [0.15, 0.2) is 0 Å². The van der Waals surface area contributed by atoms with Crippen molar-refractivity contribution in [2.45, 2.75) is 38.1 Å². The normalized spacial score (nSPS) is 24.7. The minimum atomic E-state index is -3.18. The monoisotopic (exact) mass is 297 g/mol. The van der Waals surface area contributed by atoms with Gasteiger partial charge in [-0.3, -0.25) is 0 Å². The zero-order chi connectivity index (χ0) is 12.3. The van der Waals surface area contributed by atoms with Crippen molar-refractivity contribution in [3.05, 3.63) is 0 Å². The maximum atomic E-state index is 12.4. The molecular formula is C11H24ClN3O2S. The second-order valence-electron chi connectivity index (χ2n) is 4.93. The summed E-state index contributed by atoms with van der Waals surface area (Å²) in [7, 11) is -1.23. The summed E-state index contributed by atoms with van der Waals surface area (Å²) in [6.07, 6.45) is 5.01. The van der Waals surface area contributed by atoms with Crippen molar-refractivity contribution in [1.82, 2.24) is 13.9 Å². The van der Waals surface area contributed by atoms with Crippen LogP contribution in [0.3, 0.4) is 0 Å². The zero-order valence-electron chi connectivity index (χ0n) is 11.0. The molecule has 2 heterocycles. The van der Waals surface area contributed by atoms with Crippen LogP contribution in [-0.4, -0.2) is 56.3 Å². The number of hydrogen-bond donors (Lipinski definition) is 1. The lowest BCUT2D eigenvalue weighted by Crippen LogP contribution is -2.50. The molecule has 0 unspecified atom stereocenters. The Morgan fingerprint density at radius 1 is 0.944 bits per heavy atom. The minimum absolute atomic E-state index is 0. The molecule has 0 aromatic heterocycles. The quantitative estimate of drug-likeness (QED) is 0.839. The van der Waals surface area contributed by atoms with Gasteiger partial charge in [-0.25, -0.2) is 0 Å². The molecule has 2 saturated heterocycles. The standard InChI is InChI=1S/C11H23N3O2S.ClH/c1-12-11-5-9-14(10-6-11)17(15,16)13-7-3-2-4-8-13;/h11-12H,2-10H2,1H3;1H. The van der Waals surface area contributed by atoms with E-state index in [0.29, 0.717) is 32.2 Å². The first-order valence-corrected chi connectivity index (χ1v) is 7.97. The zero-order valence-corrected chi connectivity index (χ0v) is 12.6. The predicted octanol–water partition coefficient (Wildman–Crippen LogP) is 0.823. The van der Waals surface area contributed by atoms with Gasteiger partial charge in [0.05, 0.1) is 0 Å². The third-order valence-electron chi connectivity index (χ3n) is 3.83. The van der Waals surface area contributed by atoms with Crippen molar-refractivity contribution < 1.29 is 8.42 Å². The Hall–Kier alpha value is 0.120. The van der Waals surface area contributed by atoms with Crippen LogP contribution < -0.4 is 5.32 Å². The molecule has 0 atom stereocenters. The topological polar surface area (TPSA) is 52.7 Å². The highest BCUT2D eigenvalue weighted by atomic mass is 35.5. The van der Waals surface area contributed by atoms with Gasteiger partial charge in [-0.15, -0.1) is 12.4 Å². The van der Waals surface area contributed by atoms with Crippen LogP contribution in [0.4, 0.5) is 0 Å². The molecule has 2 fully saturated rings. The lowest BCUT2D eigenvalue weighted by molar-refractivity contribution is 0.260. The fourth-order valence-corrected chi connectivity index (χ4v) is 4.35. The van der Waals surface area contributed by atoms with E-state index in [1.54, 1.807) is 8.61 Å². The second kappa shape index (κ2) is 7.05. The molecule has 18 heavy (non-hydrogen) atoms. The van der Waals surface area contributed by atoms with Crippen LogP contribution >= 0.6 is 12.4 Å². The summed E-state index contributed by atoms with van der Waals surface area (Å²) < 4.78 is 28.1. The number of halogens is 1. The maximum absolute atomic E-state index is 12.4. The summed E-state index contributed by atoms with van der Waals surface area (Å²) >= 11 is 0. The Bertz CT molecular complexity index is 336. The molecule has 2 rings (SSSR count). The molecule has 108 valence electrons. The Balaban J connectivity index is 0.00000162. The van der Waals surface area contributed by atoms with Gasteiger partial charge in [-0.05, 0) is 32.7 Å². The average molecular weight is 298 g/mol. The van der Waals surface area contributed by atoms with Crippen LogP contribution in [-0.2, 0) is 10.2 Å². The van der Waals surface area contributed by atoms with E-state index in [1.165, 1.54) is 0 Å². The Morgan fingerprint density at radius 3 is 1.94 bits per heavy atom. The van der Waals surface area contributed by atoms with E-state index in [4.69, 9.17) is 0 Å². The summed E-state index contributed by atoms with van der Waals surface area (Å²) in [5, 5.41) is 3.22. The summed E-state index contributed by atoms with van der Waals surface area (Å²) in [5.41, 5.74) is 0. The summed E-state index contributed by atoms with van der Waals surface area (Å²) in [6.45, 7) is 2.72. The average Bonchev–Trinajstić information content (AvgIpc) is 2.40. The molecule has 0 amide bonds. The lowest BCUT2D eigenvalue weighted by atomic mass is 10.1. The largest absolute Gasteiger partial charge is 0.317 e. The van der Waals surface area contributed by atoms with E-state index >= 15 is 0 Å². The molecule has 0 aromatic carbocycles. The van der Waals surface area contributed by atoms with E-state index in [9.17, 15) is 8.42 Å².